The van der Waals surface area contributed by atoms with Crippen LogP contribution in [0.25, 0.3) is 0 Å². The molecule has 1 aromatic carbocycles. The molecule has 1 fully saturated rings. The molecule has 0 saturated carbocycles. The number of nitrogens with one attached hydrogen (secondary N) is 1. The Morgan fingerprint density at radius 1 is 1.23 bits per heavy atom. The van der Waals surface area contributed by atoms with Gasteiger partial charge in [-0.1, -0.05) is 31.5 Å². The van der Waals surface area contributed by atoms with Crippen molar-refractivity contribution in [3.05, 3.63) is 64.8 Å². The van der Waals surface area contributed by atoms with Crippen molar-refractivity contribution in [1.82, 2.24) is 14.3 Å². The van der Waals surface area contributed by atoms with Crippen molar-refractivity contribution < 1.29 is 13.2 Å². The van der Waals surface area contributed by atoms with E-state index in [1.165, 1.54) is 4.31 Å². The van der Waals surface area contributed by atoms with E-state index in [-0.39, 0.29) is 6.54 Å². The number of ether oxygens (including phenoxy) is 1. The van der Waals surface area contributed by atoms with E-state index in [0.29, 0.717) is 29.6 Å². The summed E-state index contributed by atoms with van der Waals surface area (Å²) in [4.78, 5) is 10.4. The van der Waals surface area contributed by atoms with Gasteiger partial charge in [0, 0.05) is 24.2 Å². The molecular weight excluding hydrogens is 432 g/mol. The summed E-state index contributed by atoms with van der Waals surface area (Å²) in [5.41, 5.74) is 1.83. The molecule has 1 atom stereocenters. The molecule has 1 unspecified atom stereocenters. The van der Waals surface area contributed by atoms with Crippen LogP contribution in [0, 0.1) is 6.92 Å². The van der Waals surface area contributed by atoms with Crippen LogP contribution < -0.4 is 5.32 Å². The maximum absolute atomic E-state index is 13.2. The van der Waals surface area contributed by atoms with E-state index in [0.717, 1.165) is 28.4 Å². The minimum Gasteiger partial charge on any atom is -0.369 e. The predicted octanol–water partition coefficient (Wildman–Crippen LogP) is 4.30. The zero-order chi connectivity index (χ0) is 21.8. The van der Waals surface area contributed by atoms with E-state index < -0.39 is 16.1 Å². The number of benzene rings is 1. The van der Waals surface area contributed by atoms with Crippen molar-refractivity contribution in [2.45, 2.75) is 37.7 Å². The number of morpholine rings is 1. The SMILES string of the molecule is CCCc1ccc(S(=O)(=O)N2CCOC(c3cccc(Nc4ncc(C)s4)n3)C2)cc1. The lowest BCUT2D eigenvalue weighted by Crippen LogP contribution is -2.42. The molecule has 0 amide bonds. The van der Waals surface area contributed by atoms with E-state index in [4.69, 9.17) is 4.74 Å². The first kappa shape index (κ1) is 21.9. The van der Waals surface area contributed by atoms with Crippen LogP contribution in [0.5, 0.6) is 0 Å². The maximum atomic E-state index is 13.2. The molecule has 164 valence electrons. The second kappa shape index (κ2) is 9.44. The first-order valence-electron chi connectivity index (χ1n) is 10.3. The number of hydrogen-bond donors (Lipinski definition) is 1. The van der Waals surface area contributed by atoms with E-state index in [1.807, 2.05) is 37.3 Å². The Morgan fingerprint density at radius 2 is 2.03 bits per heavy atom. The minimum atomic E-state index is -3.59. The number of pyridine rings is 1. The third-order valence-electron chi connectivity index (χ3n) is 5.09. The molecule has 0 aliphatic carbocycles. The van der Waals surface area contributed by atoms with Gasteiger partial charge in [-0.2, -0.15) is 4.31 Å². The Hall–Kier alpha value is -2.33. The Kier molecular flexibility index (Phi) is 6.66. The van der Waals surface area contributed by atoms with E-state index in [9.17, 15) is 8.42 Å². The largest absolute Gasteiger partial charge is 0.369 e. The monoisotopic (exact) mass is 458 g/mol. The molecule has 0 spiro atoms. The van der Waals surface area contributed by atoms with Crippen LogP contribution in [0.15, 0.2) is 53.6 Å². The summed E-state index contributed by atoms with van der Waals surface area (Å²) >= 11 is 1.55. The highest BCUT2D eigenvalue weighted by molar-refractivity contribution is 7.89. The summed E-state index contributed by atoms with van der Waals surface area (Å²) in [5.74, 6) is 0.655. The van der Waals surface area contributed by atoms with E-state index >= 15 is 0 Å². The van der Waals surface area contributed by atoms with E-state index in [2.05, 4.69) is 22.2 Å². The number of hydrogen-bond acceptors (Lipinski definition) is 7. The topological polar surface area (TPSA) is 84.4 Å². The molecule has 2 aromatic heterocycles. The second-order valence-corrected chi connectivity index (χ2v) is 10.6. The van der Waals surface area contributed by atoms with Crippen molar-refractivity contribution in [2.24, 2.45) is 0 Å². The van der Waals surface area contributed by atoms with Crippen molar-refractivity contribution in [3.63, 3.8) is 0 Å². The Morgan fingerprint density at radius 3 is 2.74 bits per heavy atom. The summed E-state index contributed by atoms with van der Waals surface area (Å²) in [7, 11) is -3.59. The molecule has 31 heavy (non-hydrogen) atoms. The first-order valence-corrected chi connectivity index (χ1v) is 12.6. The second-order valence-electron chi connectivity index (χ2n) is 7.47. The highest BCUT2D eigenvalue weighted by Crippen LogP contribution is 2.27. The van der Waals surface area contributed by atoms with E-state index in [1.54, 1.807) is 29.7 Å². The van der Waals surface area contributed by atoms with Crippen LogP contribution in [0.1, 0.15) is 35.6 Å². The molecular formula is C22H26N4O3S2. The van der Waals surface area contributed by atoms with Crippen LogP contribution in [0.4, 0.5) is 10.9 Å². The number of aromatic nitrogens is 2. The van der Waals surface area contributed by atoms with Crippen molar-refractivity contribution in [2.75, 3.05) is 25.0 Å². The van der Waals surface area contributed by atoms with Crippen molar-refractivity contribution in [3.8, 4) is 0 Å². The van der Waals surface area contributed by atoms with Crippen LogP contribution in [0.2, 0.25) is 0 Å². The van der Waals surface area contributed by atoms with Crippen LogP contribution in [0.3, 0.4) is 0 Å². The van der Waals surface area contributed by atoms with Gasteiger partial charge in [-0.15, -0.1) is 11.3 Å². The quantitative estimate of drug-likeness (QED) is 0.568. The fourth-order valence-electron chi connectivity index (χ4n) is 3.51. The number of nitrogens with zero attached hydrogens (tertiary/aromatic N) is 3. The number of rotatable bonds is 7. The third kappa shape index (κ3) is 5.12. The summed E-state index contributed by atoms with van der Waals surface area (Å²) < 4.78 is 33.7. The Bertz CT molecular complexity index is 1130. The average Bonchev–Trinajstić information content (AvgIpc) is 3.19. The maximum Gasteiger partial charge on any atom is 0.243 e. The third-order valence-corrected chi connectivity index (χ3v) is 7.79. The highest BCUT2D eigenvalue weighted by atomic mass is 32.2. The summed E-state index contributed by atoms with van der Waals surface area (Å²) in [5, 5.41) is 3.96. The standard InChI is InChI=1S/C22H26N4O3S2/c1-3-5-17-8-10-18(11-9-17)31(27,28)26-12-13-29-20(15-26)19-6-4-7-21(24-19)25-22-23-14-16(2)30-22/h4,6-11,14,20H,3,5,12-13,15H2,1-2H3,(H,23,24,25). The minimum absolute atomic E-state index is 0.228. The van der Waals surface area contributed by atoms with Gasteiger partial charge in [0.25, 0.3) is 0 Å². The molecule has 4 rings (SSSR count). The Balaban J connectivity index is 1.49. The van der Waals surface area contributed by atoms with Gasteiger partial charge in [0.1, 0.15) is 11.9 Å². The smallest absolute Gasteiger partial charge is 0.243 e. The summed E-state index contributed by atoms with van der Waals surface area (Å²) in [6.45, 7) is 4.98. The Labute approximate surface area is 187 Å². The lowest BCUT2D eigenvalue weighted by Gasteiger charge is -2.32. The molecule has 1 aliphatic rings. The van der Waals surface area contributed by atoms with Crippen molar-refractivity contribution >= 4 is 32.3 Å². The molecule has 1 saturated heterocycles. The molecule has 1 aliphatic heterocycles. The molecule has 7 nitrogen and oxygen atoms in total. The first-order chi connectivity index (χ1) is 15.0. The zero-order valence-electron chi connectivity index (χ0n) is 17.6. The number of aryl methyl sites for hydroxylation is 2. The normalized spacial score (nSPS) is 17.5. The molecule has 0 radical (unpaired) electrons. The van der Waals surface area contributed by atoms with Gasteiger partial charge in [0.15, 0.2) is 5.13 Å². The van der Waals surface area contributed by atoms with Gasteiger partial charge in [-0.25, -0.2) is 18.4 Å². The zero-order valence-corrected chi connectivity index (χ0v) is 19.2. The fraction of sp³-hybridized carbons (Fsp3) is 0.364. The molecule has 3 heterocycles. The van der Waals surface area contributed by atoms with Gasteiger partial charge in [-0.3, -0.25) is 0 Å². The molecule has 0 bridgehead atoms. The number of sulfonamides is 1. The van der Waals surface area contributed by atoms with Gasteiger partial charge in [-0.05, 0) is 43.2 Å². The van der Waals surface area contributed by atoms with Crippen molar-refractivity contribution in [1.29, 1.82) is 0 Å². The predicted molar refractivity (Wildman–Crippen MR) is 122 cm³/mol. The average molecular weight is 459 g/mol. The van der Waals surface area contributed by atoms with Gasteiger partial charge < -0.3 is 10.1 Å². The summed E-state index contributed by atoms with van der Waals surface area (Å²) in [6, 6.07) is 12.8. The number of thiazole rings is 1. The molecule has 1 N–H and O–H groups in total. The fourth-order valence-corrected chi connectivity index (χ4v) is 5.61. The van der Waals surface area contributed by atoms with Crippen LogP contribution in [-0.2, 0) is 21.2 Å². The summed E-state index contributed by atoms with van der Waals surface area (Å²) in [6.07, 6.45) is 3.35. The number of anilines is 2. The highest BCUT2D eigenvalue weighted by Gasteiger charge is 2.32. The van der Waals surface area contributed by atoms with Gasteiger partial charge >= 0.3 is 0 Å². The molecule has 9 heteroatoms. The van der Waals surface area contributed by atoms with Gasteiger partial charge in [0.05, 0.1) is 17.2 Å². The lowest BCUT2D eigenvalue weighted by atomic mass is 10.1. The van der Waals surface area contributed by atoms with Crippen LogP contribution >= 0.6 is 11.3 Å². The van der Waals surface area contributed by atoms with Gasteiger partial charge in [0.2, 0.25) is 10.0 Å². The lowest BCUT2D eigenvalue weighted by molar-refractivity contribution is -0.00486. The molecule has 3 aromatic rings. The van der Waals surface area contributed by atoms with Crippen LogP contribution in [-0.4, -0.2) is 42.4 Å².